The summed E-state index contributed by atoms with van der Waals surface area (Å²) >= 11 is 3.10. The number of hydrogen-bond acceptors (Lipinski definition) is 4. The third kappa shape index (κ3) is 4.08. The van der Waals surface area contributed by atoms with Gasteiger partial charge in [0.15, 0.2) is 0 Å². The summed E-state index contributed by atoms with van der Waals surface area (Å²) < 4.78 is 0. The smallest absolute Gasteiger partial charge is 0.264 e. The third-order valence-electron chi connectivity index (χ3n) is 2.14. The van der Waals surface area contributed by atoms with Crippen LogP contribution < -0.4 is 0 Å². The molecular weight excluding hydrogens is 254 g/mol. The fourth-order valence-electron chi connectivity index (χ4n) is 1.21. The van der Waals surface area contributed by atoms with Gasteiger partial charge in [0, 0.05) is 24.9 Å². The van der Waals surface area contributed by atoms with Gasteiger partial charge in [0.2, 0.25) is 0 Å². The molecule has 1 heterocycles. The van der Waals surface area contributed by atoms with Crippen molar-refractivity contribution in [2.24, 2.45) is 0 Å². The molecule has 0 saturated carbocycles. The van der Waals surface area contributed by atoms with Crippen LogP contribution in [0, 0.1) is 11.8 Å². The number of amides is 1. The molecule has 0 unspecified atom stereocenters. The van der Waals surface area contributed by atoms with E-state index < -0.39 is 0 Å². The molecule has 0 aromatic carbocycles. The maximum absolute atomic E-state index is 12.1. The van der Waals surface area contributed by atoms with E-state index in [0.717, 1.165) is 12.3 Å². The first-order valence-corrected chi connectivity index (χ1v) is 7.39. The molecular formula is C12H15NO2S2. The quantitative estimate of drug-likeness (QED) is 0.843. The molecule has 17 heavy (non-hydrogen) atoms. The molecule has 0 aliphatic heterocycles. The summed E-state index contributed by atoms with van der Waals surface area (Å²) in [5, 5.41) is 10.5. The number of aliphatic hydroxyl groups is 1. The van der Waals surface area contributed by atoms with Crippen molar-refractivity contribution in [2.75, 3.05) is 32.2 Å². The van der Waals surface area contributed by atoms with Gasteiger partial charge in [-0.25, -0.2) is 0 Å². The summed E-state index contributed by atoms with van der Waals surface area (Å²) in [5.74, 6) is 6.28. The minimum absolute atomic E-state index is 0.00344. The molecule has 5 heteroatoms. The molecule has 1 amide bonds. The standard InChI is InChI=1S/C12H15NO2S2/c1-13(6-9-16-2)12(15)11-10(4-3-7-14)5-8-17-11/h5,8,14H,6-7,9H2,1-2H3. The van der Waals surface area contributed by atoms with E-state index in [0.29, 0.717) is 10.4 Å². The first-order chi connectivity index (χ1) is 8.20. The molecule has 0 bridgehead atoms. The highest BCUT2D eigenvalue weighted by molar-refractivity contribution is 7.98. The zero-order valence-corrected chi connectivity index (χ0v) is 11.5. The average molecular weight is 269 g/mol. The first-order valence-electron chi connectivity index (χ1n) is 5.12. The van der Waals surface area contributed by atoms with Crippen LogP contribution in [0.2, 0.25) is 0 Å². The van der Waals surface area contributed by atoms with Crippen LogP contribution in [-0.2, 0) is 0 Å². The number of nitrogens with zero attached hydrogens (tertiary/aromatic N) is 1. The highest BCUT2D eigenvalue weighted by atomic mass is 32.2. The number of thiophene rings is 1. The van der Waals surface area contributed by atoms with Gasteiger partial charge < -0.3 is 10.0 Å². The largest absolute Gasteiger partial charge is 0.384 e. The molecule has 1 aromatic heterocycles. The van der Waals surface area contributed by atoms with Gasteiger partial charge in [-0.2, -0.15) is 11.8 Å². The van der Waals surface area contributed by atoms with E-state index in [1.54, 1.807) is 23.7 Å². The van der Waals surface area contributed by atoms with Gasteiger partial charge >= 0.3 is 0 Å². The molecule has 3 nitrogen and oxygen atoms in total. The van der Waals surface area contributed by atoms with Gasteiger partial charge in [0.25, 0.3) is 5.91 Å². The van der Waals surface area contributed by atoms with Gasteiger partial charge in [-0.3, -0.25) is 4.79 Å². The van der Waals surface area contributed by atoms with Crippen molar-refractivity contribution in [3.63, 3.8) is 0 Å². The monoisotopic (exact) mass is 269 g/mol. The minimum atomic E-state index is -0.189. The van der Waals surface area contributed by atoms with E-state index in [2.05, 4.69) is 11.8 Å². The van der Waals surface area contributed by atoms with Gasteiger partial charge in [0.1, 0.15) is 11.5 Å². The SMILES string of the molecule is CSCCN(C)C(=O)c1sccc1C#CCO. The summed E-state index contributed by atoms with van der Waals surface area (Å²) in [6, 6.07) is 1.81. The molecule has 92 valence electrons. The Morgan fingerprint density at radius 3 is 3.06 bits per heavy atom. The lowest BCUT2D eigenvalue weighted by atomic mass is 10.2. The van der Waals surface area contributed by atoms with Crippen molar-refractivity contribution in [1.82, 2.24) is 4.90 Å². The van der Waals surface area contributed by atoms with Gasteiger partial charge in [-0.1, -0.05) is 11.8 Å². The zero-order valence-electron chi connectivity index (χ0n) is 9.90. The molecule has 0 atom stereocenters. The third-order valence-corrected chi connectivity index (χ3v) is 3.63. The summed E-state index contributed by atoms with van der Waals surface area (Å²) in [4.78, 5) is 14.4. The molecule has 1 rings (SSSR count). The summed E-state index contributed by atoms with van der Waals surface area (Å²) in [6.07, 6.45) is 2.02. The lowest BCUT2D eigenvalue weighted by Gasteiger charge is -2.15. The van der Waals surface area contributed by atoms with E-state index in [9.17, 15) is 4.79 Å². The van der Waals surface area contributed by atoms with Crippen molar-refractivity contribution in [3.05, 3.63) is 21.9 Å². The molecule has 1 N–H and O–H groups in total. The average Bonchev–Trinajstić information content (AvgIpc) is 2.80. The Morgan fingerprint density at radius 1 is 1.65 bits per heavy atom. The van der Waals surface area contributed by atoms with Crippen molar-refractivity contribution >= 4 is 29.0 Å². The molecule has 0 fully saturated rings. The second-order valence-electron chi connectivity index (χ2n) is 3.34. The van der Waals surface area contributed by atoms with E-state index in [1.807, 2.05) is 17.7 Å². The molecule has 0 aliphatic carbocycles. The second-order valence-corrected chi connectivity index (χ2v) is 5.24. The highest BCUT2D eigenvalue weighted by Crippen LogP contribution is 2.17. The zero-order chi connectivity index (χ0) is 12.7. The summed E-state index contributed by atoms with van der Waals surface area (Å²) in [6.45, 7) is 0.538. The predicted molar refractivity (Wildman–Crippen MR) is 73.6 cm³/mol. The Bertz CT molecular complexity index is 431. The fourth-order valence-corrected chi connectivity index (χ4v) is 2.51. The topological polar surface area (TPSA) is 40.5 Å². The van der Waals surface area contributed by atoms with Gasteiger partial charge in [-0.15, -0.1) is 11.3 Å². The lowest BCUT2D eigenvalue weighted by Crippen LogP contribution is -2.28. The van der Waals surface area contributed by atoms with Crippen LogP contribution in [0.4, 0.5) is 0 Å². The number of hydrogen-bond donors (Lipinski definition) is 1. The van der Waals surface area contributed by atoms with Crippen LogP contribution in [0.1, 0.15) is 15.2 Å². The second kappa shape index (κ2) is 7.38. The van der Waals surface area contributed by atoms with Crippen molar-refractivity contribution < 1.29 is 9.90 Å². The lowest BCUT2D eigenvalue weighted by molar-refractivity contribution is 0.0808. The molecule has 0 spiro atoms. The van der Waals surface area contributed by atoms with Crippen LogP contribution in [0.25, 0.3) is 0 Å². The number of rotatable bonds is 4. The Labute approximate surface area is 110 Å². The normalized spacial score (nSPS) is 9.59. The van der Waals surface area contributed by atoms with E-state index in [1.165, 1.54) is 11.3 Å². The van der Waals surface area contributed by atoms with Crippen LogP contribution in [0.15, 0.2) is 11.4 Å². The van der Waals surface area contributed by atoms with Crippen LogP contribution in [-0.4, -0.2) is 48.1 Å². The Hall–Kier alpha value is -0.960. The number of thioether (sulfide) groups is 1. The number of aliphatic hydroxyl groups excluding tert-OH is 1. The fraction of sp³-hybridized carbons (Fsp3) is 0.417. The molecule has 1 aromatic rings. The Balaban J connectivity index is 2.78. The van der Waals surface area contributed by atoms with Gasteiger partial charge in [0.05, 0.1) is 0 Å². The Kier molecular flexibility index (Phi) is 6.12. The van der Waals surface area contributed by atoms with E-state index >= 15 is 0 Å². The molecule has 0 saturated heterocycles. The number of carbonyl (C=O) groups is 1. The molecule has 0 aliphatic rings. The first kappa shape index (κ1) is 14.1. The van der Waals surface area contributed by atoms with E-state index in [-0.39, 0.29) is 12.5 Å². The number of carbonyl (C=O) groups excluding carboxylic acids is 1. The maximum Gasteiger partial charge on any atom is 0.264 e. The van der Waals surface area contributed by atoms with Crippen molar-refractivity contribution in [3.8, 4) is 11.8 Å². The minimum Gasteiger partial charge on any atom is -0.384 e. The van der Waals surface area contributed by atoms with E-state index in [4.69, 9.17) is 5.11 Å². The van der Waals surface area contributed by atoms with Crippen LogP contribution >= 0.6 is 23.1 Å². The maximum atomic E-state index is 12.1. The summed E-state index contributed by atoms with van der Waals surface area (Å²) in [5.41, 5.74) is 0.699. The van der Waals surface area contributed by atoms with Gasteiger partial charge in [-0.05, 0) is 17.7 Å². The highest BCUT2D eigenvalue weighted by Gasteiger charge is 2.15. The Morgan fingerprint density at radius 2 is 2.41 bits per heavy atom. The van der Waals surface area contributed by atoms with Crippen LogP contribution in [0.3, 0.4) is 0 Å². The van der Waals surface area contributed by atoms with Crippen molar-refractivity contribution in [2.45, 2.75) is 0 Å². The van der Waals surface area contributed by atoms with Crippen LogP contribution in [0.5, 0.6) is 0 Å². The summed E-state index contributed by atoms with van der Waals surface area (Å²) in [7, 11) is 1.79. The van der Waals surface area contributed by atoms with Crippen molar-refractivity contribution in [1.29, 1.82) is 0 Å². The predicted octanol–water partition coefficient (Wildman–Crippen LogP) is 1.53. The molecule has 0 radical (unpaired) electrons.